The van der Waals surface area contributed by atoms with Crippen LogP contribution < -0.4 is 5.32 Å². The van der Waals surface area contributed by atoms with Crippen LogP contribution in [0, 0.1) is 0 Å². The van der Waals surface area contributed by atoms with Gasteiger partial charge in [-0.2, -0.15) is 5.10 Å². The van der Waals surface area contributed by atoms with E-state index in [9.17, 15) is 4.79 Å². The van der Waals surface area contributed by atoms with E-state index in [0.29, 0.717) is 0 Å². The molecule has 1 aliphatic rings. The lowest BCUT2D eigenvalue weighted by Crippen LogP contribution is -2.27. The number of urea groups is 1. The van der Waals surface area contributed by atoms with Crippen LogP contribution in [0.4, 0.5) is 10.5 Å². The maximum absolute atomic E-state index is 12.1. The van der Waals surface area contributed by atoms with Gasteiger partial charge < -0.3 is 15.2 Å². The van der Waals surface area contributed by atoms with E-state index in [0.717, 1.165) is 56.9 Å². The predicted molar refractivity (Wildman–Crippen MR) is 166 cm³/mol. The Morgan fingerprint density at radius 1 is 0.976 bits per heavy atom. The summed E-state index contributed by atoms with van der Waals surface area (Å²) in [6, 6.07) is 21.0. The minimum Gasteiger partial charge on any atom is -0.339 e. The fourth-order valence-electron chi connectivity index (χ4n) is 5.42. The van der Waals surface area contributed by atoms with Gasteiger partial charge in [-0.05, 0) is 80.7 Å². The van der Waals surface area contributed by atoms with Crippen molar-refractivity contribution in [2.24, 2.45) is 0 Å². The predicted octanol–water partition coefficient (Wildman–Crippen LogP) is 7.03. The van der Waals surface area contributed by atoms with Gasteiger partial charge in [0.2, 0.25) is 0 Å². The average Bonchev–Trinajstić information content (AvgIpc) is 3.73. The SMILES string of the molecule is CC(C)n1cc(-c2ccnc3[nH]c(-c4ccc(CN5CCCC5)cc4)cc23)c(-c2ccc(NC(=O)N(C)C)cc2)n1. The van der Waals surface area contributed by atoms with Gasteiger partial charge in [-0.15, -0.1) is 0 Å². The highest BCUT2D eigenvalue weighted by molar-refractivity contribution is 5.99. The summed E-state index contributed by atoms with van der Waals surface area (Å²) in [5.41, 5.74) is 9.14. The van der Waals surface area contributed by atoms with Crippen molar-refractivity contribution in [3.05, 3.63) is 78.6 Å². The molecule has 0 radical (unpaired) electrons. The topological polar surface area (TPSA) is 82.1 Å². The molecule has 2 aromatic carbocycles. The maximum atomic E-state index is 12.1. The number of carbonyl (C=O) groups is 1. The monoisotopic (exact) mass is 547 g/mol. The van der Waals surface area contributed by atoms with Crippen LogP contribution in [0.3, 0.4) is 0 Å². The lowest BCUT2D eigenvalue weighted by molar-refractivity contribution is 0.230. The molecule has 0 aliphatic carbocycles. The molecule has 8 nitrogen and oxygen atoms in total. The number of amides is 2. The van der Waals surface area contributed by atoms with Crippen LogP contribution in [0.15, 0.2) is 73.1 Å². The van der Waals surface area contributed by atoms with Gasteiger partial charge >= 0.3 is 6.03 Å². The van der Waals surface area contributed by atoms with Crippen molar-refractivity contribution in [3.8, 4) is 33.6 Å². The van der Waals surface area contributed by atoms with Crippen LogP contribution in [0.2, 0.25) is 0 Å². The summed E-state index contributed by atoms with van der Waals surface area (Å²) in [5, 5.41) is 8.94. The first-order chi connectivity index (χ1) is 19.9. The Morgan fingerprint density at radius 2 is 1.68 bits per heavy atom. The molecule has 5 aromatic rings. The summed E-state index contributed by atoms with van der Waals surface area (Å²) in [6.45, 7) is 7.68. The second-order valence-corrected chi connectivity index (χ2v) is 11.4. The third kappa shape index (κ3) is 5.60. The van der Waals surface area contributed by atoms with Crippen LogP contribution in [0.1, 0.15) is 38.3 Å². The first-order valence-corrected chi connectivity index (χ1v) is 14.3. The summed E-state index contributed by atoms with van der Waals surface area (Å²) in [7, 11) is 3.45. The molecular weight excluding hydrogens is 510 g/mol. The molecule has 0 unspecified atom stereocenters. The molecule has 0 bridgehead atoms. The first-order valence-electron chi connectivity index (χ1n) is 14.3. The van der Waals surface area contributed by atoms with Gasteiger partial charge in [-0.1, -0.05) is 36.4 Å². The number of carbonyl (C=O) groups excluding carboxylic acids is 1. The summed E-state index contributed by atoms with van der Waals surface area (Å²) >= 11 is 0. The molecule has 4 heterocycles. The largest absolute Gasteiger partial charge is 0.339 e. The van der Waals surface area contributed by atoms with Gasteiger partial charge in [-0.3, -0.25) is 9.58 Å². The molecule has 1 saturated heterocycles. The minimum atomic E-state index is -0.161. The Hall–Kier alpha value is -4.43. The van der Waals surface area contributed by atoms with Crippen LogP contribution in [0.5, 0.6) is 0 Å². The molecule has 3 aromatic heterocycles. The zero-order chi connectivity index (χ0) is 28.5. The lowest BCUT2D eigenvalue weighted by Gasteiger charge is -2.14. The molecule has 6 rings (SSSR count). The van der Waals surface area contributed by atoms with Crippen molar-refractivity contribution in [1.82, 2.24) is 29.5 Å². The van der Waals surface area contributed by atoms with Crippen molar-refractivity contribution in [2.75, 3.05) is 32.5 Å². The van der Waals surface area contributed by atoms with E-state index < -0.39 is 0 Å². The number of aromatic amines is 1. The molecule has 210 valence electrons. The number of benzene rings is 2. The number of nitrogens with zero attached hydrogens (tertiary/aromatic N) is 5. The third-order valence-electron chi connectivity index (χ3n) is 7.77. The molecule has 1 aliphatic heterocycles. The zero-order valence-corrected chi connectivity index (χ0v) is 24.2. The summed E-state index contributed by atoms with van der Waals surface area (Å²) in [5.74, 6) is 0. The second kappa shape index (κ2) is 11.2. The van der Waals surface area contributed by atoms with Crippen LogP contribution in [0.25, 0.3) is 44.7 Å². The summed E-state index contributed by atoms with van der Waals surface area (Å²) < 4.78 is 2.01. The molecule has 0 saturated carbocycles. The third-order valence-corrected chi connectivity index (χ3v) is 7.77. The van der Waals surface area contributed by atoms with Crippen molar-refractivity contribution < 1.29 is 4.79 Å². The van der Waals surface area contributed by atoms with Crippen LogP contribution >= 0.6 is 0 Å². The highest BCUT2D eigenvalue weighted by Crippen LogP contribution is 2.37. The number of hydrogen-bond acceptors (Lipinski definition) is 4. The normalized spacial score (nSPS) is 13.8. The van der Waals surface area contributed by atoms with Crippen LogP contribution in [-0.4, -0.2) is 62.8 Å². The Bertz CT molecular complexity index is 1660. The molecule has 41 heavy (non-hydrogen) atoms. The Kier molecular flexibility index (Phi) is 7.32. The zero-order valence-electron chi connectivity index (χ0n) is 24.2. The molecular formula is C33H37N7O. The number of anilines is 1. The number of nitrogens with one attached hydrogen (secondary N) is 2. The fraction of sp³-hybridized carbons (Fsp3) is 0.303. The van der Waals surface area contributed by atoms with Crippen molar-refractivity contribution in [2.45, 2.75) is 39.3 Å². The number of aromatic nitrogens is 4. The highest BCUT2D eigenvalue weighted by atomic mass is 16.2. The summed E-state index contributed by atoms with van der Waals surface area (Å²) in [4.78, 5) is 24.3. The van der Waals surface area contributed by atoms with Gasteiger partial charge in [0.25, 0.3) is 0 Å². The average molecular weight is 548 g/mol. The van der Waals surface area contributed by atoms with Crippen molar-refractivity contribution >= 4 is 22.8 Å². The van der Waals surface area contributed by atoms with E-state index in [1.54, 1.807) is 14.1 Å². The van der Waals surface area contributed by atoms with E-state index in [4.69, 9.17) is 5.10 Å². The summed E-state index contributed by atoms with van der Waals surface area (Å²) in [6.07, 6.45) is 6.59. The molecule has 2 N–H and O–H groups in total. The van der Waals surface area contributed by atoms with Crippen molar-refractivity contribution in [1.29, 1.82) is 0 Å². The Labute approximate surface area is 241 Å². The first kappa shape index (κ1) is 26.8. The minimum absolute atomic E-state index is 0.161. The molecule has 8 heteroatoms. The quantitative estimate of drug-likeness (QED) is 0.229. The van der Waals surface area contributed by atoms with Crippen LogP contribution in [-0.2, 0) is 6.54 Å². The number of rotatable bonds is 7. The number of pyridine rings is 1. The number of likely N-dealkylation sites (tertiary alicyclic amines) is 1. The second-order valence-electron chi connectivity index (χ2n) is 11.4. The van der Waals surface area contributed by atoms with Gasteiger partial charge in [0, 0.05) is 67.0 Å². The molecule has 0 spiro atoms. The van der Waals surface area contributed by atoms with Gasteiger partial charge in [0.05, 0.1) is 0 Å². The highest BCUT2D eigenvalue weighted by Gasteiger charge is 2.19. The van der Waals surface area contributed by atoms with E-state index in [1.165, 1.54) is 36.4 Å². The molecule has 0 atom stereocenters. The van der Waals surface area contributed by atoms with E-state index in [2.05, 4.69) is 76.6 Å². The Balaban J connectivity index is 1.34. The van der Waals surface area contributed by atoms with Gasteiger partial charge in [-0.25, -0.2) is 9.78 Å². The number of fused-ring (bicyclic) bond motifs is 1. The smallest absolute Gasteiger partial charge is 0.321 e. The Morgan fingerprint density at radius 3 is 2.37 bits per heavy atom. The van der Waals surface area contributed by atoms with E-state index in [1.807, 2.05) is 35.1 Å². The number of hydrogen-bond donors (Lipinski definition) is 2. The fourth-order valence-corrected chi connectivity index (χ4v) is 5.42. The van der Waals surface area contributed by atoms with E-state index in [-0.39, 0.29) is 12.1 Å². The number of H-pyrrole nitrogens is 1. The lowest BCUT2D eigenvalue weighted by atomic mass is 10.00. The van der Waals surface area contributed by atoms with E-state index >= 15 is 0 Å². The van der Waals surface area contributed by atoms with Crippen molar-refractivity contribution in [3.63, 3.8) is 0 Å². The van der Waals surface area contributed by atoms with Gasteiger partial charge in [0.1, 0.15) is 11.3 Å². The standard InChI is InChI=1S/C33H37N7O/c1-22(2)40-21-29(31(37-40)25-11-13-26(14-12-25)35-33(41)38(3)4)27-15-16-34-32-28(27)19-30(36-32)24-9-7-23(8-10-24)20-39-17-5-6-18-39/h7-16,19,21-22H,5-6,17-18,20H2,1-4H3,(H,34,36)(H,35,41). The molecule has 2 amide bonds. The maximum Gasteiger partial charge on any atom is 0.321 e. The molecule has 1 fully saturated rings. The van der Waals surface area contributed by atoms with Gasteiger partial charge in [0.15, 0.2) is 0 Å².